The van der Waals surface area contributed by atoms with Crippen molar-refractivity contribution in [2.45, 2.75) is 45.6 Å². The second-order valence-electron chi connectivity index (χ2n) is 3.86. The second kappa shape index (κ2) is 6.33. The summed E-state index contributed by atoms with van der Waals surface area (Å²) in [5.74, 6) is 0.923. The predicted octanol–water partition coefficient (Wildman–Crippen LogP) is 3.62. The summed E-state index contributed by atoms with van der Waals surface area (Å²) in [6.07, 6.45) is 4.99. The monoisotopic (exact) mass is 207 g/mol. The van der Waals surface area contributed by atoms with E-state index in [1.807, 2.05) is 24.3 Å². The molecule has 0 heterocycles. The van der Waals surface area contributed by atoms with E-state index in [-0.39, 0.29) is 0 Å². The Morgan fingerprint density at radius 2 is 1.87 bits per heavy atom. The zero-order valence-electron chi connectivity index (χ0n) is 9.70. The number of ether oxygens (including phenoxy) is 1. The Kier molecular flexibility index (Phi) is 5.02. The number of unbranched alkanes of at least 4 members (excludes halogenated alkanes) is 1. The fraction of sp³-hybridized carbons (Fsp3) is 0.538. The Morgan fingerprint density at radius 1 is 1.20 bits per heavy atom. The number of rotatable bonds is 6. The van der Waals surface area contributed by atoms with Gasteiger partial charge in [-0.1, -0.05) is 26.7 Å². The Labute approximate surface area is 92.4 Å². The fourth-order valence-electron chi connectivity index (χ4n) is 1.52. The standard InChI is InChI=1S/C13H21NO/c1-3-5-6-12(4-2)15-13-9-7-11(14)8-10-13/h7-10,12H,3-6,14H2,1-2H3/t12-/m1/s1. The minimum atomic E-state index is 0.341. The van der Waals surface area contributed by atoms with Gasteiger partial charge < -0.3 is 10.5 Å². The zero-order valence-corrected chi connectivity index (χ0v) is 9.70. The lowest BCUT2D eigenvalue weighted by atomic mass is 10.1. The average Bonchev–Trinajstić information content (AvgIpc) is 2.27. The van der Waals surface area contributed by atoms with Gasteiger partial charge in [-0.2, -0.15) is 0 Å². The van der Waals surface area contributed by atoms with E-state index in [4.69, 9.17) is 10.5 Å². The molecular weight excluding hydrogens is 186 g/mol. The highest BCUT2D eigenvalue weighted by Gasteiger charge is 2.06. The fourth-order valence-corrected chi connectivity index (χ4v) is 1.52. The minimum Gasteiger partial charge on any atom is -0.490 e. The lowest BCUT2D eigenvalue weighted by molar-refractivity contribution is 0.183. The molecule has 2 N–H and O–H groups in total. The maximum absolute atomic E-state index is 5.87. The molecule has 0 fully saturated rings. The van der Waals surface area contributed by atoms with Gasteiger partial charge in [0.05, 0.1) is 6.10 Å². The first-order chi connectivity index (χ1) is 7.26. The lowest BCUT2D eigenvalue weighted by Gasteiger charge is -2.17. The average molecular weight is 207 g/mol. The van der Waals surface area contributed by atoms with Crippen LogP contribution < -0.4 is 10.5 Å². The van der Waals surface area contributed by atoms with E-state index in [0.717, 1.165) is 24.3 Å². The zero-order chi connectivity index (χ0) is 11.1. The highest BCUT2D eigenvalue weighted by atomic mass is 16.5. The van der Waals surface area contributed by atoms with Gasteiger partial charge in [-0.25, -0.2) is 0 Å². The molecule has 0 aromatic heterocycles. The van der Waals surface area contributed by atoms with Crippen LogP contribution in [0.1, 0.15) is 39.5 Å². The number of anilines is 1. The highest BCUT2D eigenvalue weighted by molar-refractivity contribution is 5.41. The molecule has 1 aromatic rings. The van der Waals surface area contributed by atoms with Crippen molar-refractivity contribution in [1.29, 1.82) is 0 Å². The number of benzene rings is 1. The smallest absolute Gasteiger partial charge is 0.119 e. The molecule has 2 heteroatoms. The highest BCUT2D eigenvalue weighted by Crippen LogP contribution is 2.18. The van der Waals surface area contributed by atoms with Crippen LogP contribution in [0.5, 0.6) is 5.75 Å². The molecule has 0 saturated heterocycles. The first-order valence-corrected chi connectivity index (χ1v) is 5.78. The van der Waals surface area contributed by atoms with Crippen molar-refractivity contribution < 1.29 is 4.74 Å². The molecule has 0 unspecified atom stereocenters. The first kappa shape index (κ1) is 11.9. The third-order valence-corrected chi connectivity index (χ3v) is 2.52. The van der Waals surface area contributed by atoms with E-state index >= 15 is 0 Å². The topological polar surface area (TPSA) is 35.2 Å². The molecule has 1 aromatic carbocycles. The van der Waals surface area contributed by atoms with E-state index in [9.17, 15) is 0 Å². The van der Waals surface area contributed by atoms with Crippen LogP contribution in [0.15, 0.2) is 24.3 Å². The Bertz CT molecular complexity index is 268. The number of nitrogens with two attached hydrogens (primary N) is 1. The van der Waals surface area contributed by atoms with Crippen molar-refractivity contribution in [2.24, 2.45) is 0 Å². The molecule has 0 aliphatic carbocycles. The van der Waals surface area contributed by atoms with Crippen molar-refractivity contribution >= 4 is 5.69 Å². The van der Waals surface area contributed by atoms with Crippen molar-refractivity contribution in [1.82, 2.24) is 0 Å². The molecule has 0 saturated carbocycles. The number of hydrogen-bond donors (Lipinski definition) is 1. The molecular formula is C13H21NO. The molecule has 15 heavy (non-hydrogen) atoms. The van der Waals surface area contributed by atoms with Gasteiger partial charge in [-0.05, 0) is 37.1 Å². The SMILES string of the molecule is CCCC[C@@H](CC)Oc1ccc(N)cc1. The second-order valence-corrected chi connectivity index (χ2v) is 3.86. The van der Waals surface area contributed by atoms with Gasteiger partial charge >= 0.3 is 0 Å². The third kappa shape index (κ3) is 4.24. The van der Waals surface area contributed by atoms with Crippen molar-refractivity contribution in [3.63, 3.8) is 0 Å². The van der Waals surface area contributed by atoms with Gasteiger partial charge in [0.15, 0.2) is 0 Å². The van der Waals surface area contributed by atoms with Gasteiger partial charge in [-0.15, -0.1) is 0 Å². The van der Waals surface area contributed by atoms with Crippen molar-refractivity contribution in [2.75, 3.05) is 5.73 Å². The summed E-state index contributed by atoms with van der Waals surface area (Å²) in [6.45, 7) is 4.37. The van der Waals surface area contributed by atoms with Gasteiger partial charge in [0.2, 0.25) is 0 Å². The van der Waals surface area contributed by atoms with Crippen molar-refractivity contribution in [3.05, 3.63) is 24.3 Å². The Balaban J connectivity index is 2.47. The summed E-state index contributed by atoms with van der Waals surface area (Å²) in [5, 5.41) is 0. The van der Waals surface area contributed by atoms with Gasteiger partial charge in [0, 0.05) is 5.69 Å². The molecule has 0 bridgehead atoms. The number of hydrogen-bond acceptors (Lipinski definition) is 2. The summed E-state index contributed by atoms with van der Waals surface area (Å²) in [5.41, 5.74) is 6.40. The van der Waals surface area contributed by atoms with Crippen LogP contribution in [0.4, 0.5) is 5.69 Å². The molecule has 0 radical (unpaired) electrons. The Morgan fingerprint density at radius 3 is 2.40 bits per heavy atom. The molecule has 0 aliphatic rings. The van der Waals surface area contributed by atoms with Crippen LogP contribution in [0.25, 0.3) is 0 Å². The molecule has 1 rings (SSSR count). The van der Waals surface area contributed by atoms with Crippen LogP contribution in [0.2, 0.25) is 0 Å². The van der Waals surface area contributed by atoms with E-state index in [2.05, 4.69) is 13.8 Å². The summed E-state index contributed by atoms with van der Waals surface area (Å²) < 4.78 is 5.87. The van der Waals surface area contributed by atoms with Crippen LogP contribution in [0, 0.1) is 0 Å². The van der Waals surface area contributed by atoms with Crippen LogP contribution in [-0.4, -0.2) is 6.10 Å². The molecule has 84 valence electrons. The van der Waals surface area contributed by atoms with E-state index in [1.165, 1.54) is 12.8 Å². The molecule has 0 spiro atoms. The van der Waals surface area contributed by atoms with E-state index in [1.54, 1.807) is 0 Å². The summed E-state index contributed by atoms with van der Waals surface area (Å²) >= 11 is 0. The third-order valence-electron chi connectivity index (χ3n) is 2.52. The van der Waals surface area contributed by atoms with Gasteiger partial charge in [0.25, 0.3) is 0 Å². The van der Waals surface area contributed by atoms with E-state index in [0.29, 0.717) is 6.10 Å². The van der Waals surface area contributed by atoms with Crippen LogP contribution >= 0.6 is 0 Å². The molecule has 0 amide bonds. The lowest BCUT2D eigenvalue weighted by Crippen LogP contribution is -2.14. The van der Waals surface area contributed by atoms with Gasteiger partial charge in [-0.3, -0.25) is 0 Å². The van der Waals surface area contributed by atoms with Crippen LogP contribution in [0.3, 0.4) is 0 Å². The largest absolute Gasteiger partial charge is 0.490 e. The molecule has 1 atom stereocenters. The maximum atomic E-state index is 5.87. The Hall–Kier alpha value is -1.18. The van der Waals surface area contributed by atoms with Crippen LogP contribution in [-0.2, 0) is 0 Å². The summed E-state index contributed by atoms with van der Waals surface area (Å²) in [6, 6.07) is 7.62. The maximum Gasteiger partial charge on any atom is 0.119 e. The predicted molar refractivity (Wildman–Crippen MR) is 65.1 cm³/mol. The molecule has 0 aliphatic heterocycles. The molecule has 2 nitrogen and oxygen atoms in total. The quantitative estimate of drug-likeness (QED) is 0.723. The first-order valence-electron chi connectivity index (χ1n) is 5.78. The minimum absolute atomic E-state index is 0.341. The normalized spacial score (nSPS) is 12.4. The van der Waals surface area contributed by atoms with Crippen molar-refractivity contribution in [3.8, 4) is 5.75 Å². The van der Waals surface area contributed by atoms with Gasteiger partial charge in [0.1, 0.15) is 5.75 Å². The summed E-state index contributed by atoms with van der Waals surface area (Å²) in [7, 11) is 0. The summed E-state index contributed by atoms with van der Waals surface area (Å²) in [4.78, 5) is 0. The van der Waals surface area contributed by atoms with E-state index < -0.39 is 0 Å². The number of nitrogen functional groups attached to an aromatic ring is 1.